The van der Waals surface area contributed by atoms with E-state index in [0.29, 0.717) is 11.4 Å². The lowest BCUT2D eigenvalue weighted by Gasteiger charge is -2.17. The second kappa shape index (κ2) is 5.66. The van der Waals surface area contributed by atoms with Gasteiger partial charge in [0.05, 0.1) is 5.75 Å². The minimum atomic E-state index is -3.18. The first kappa shape index (κ1) is 13.5. The van der Waals surface area contributed by atoms with Crippen molar-refractivity contribution in [3.63, 3.8) is 0 Å². The first-order valence-corrected chi connectivity index (χ1v) is 7.27. The predicted molar refractivity (Wildman–Crippen MR) is 67.1 cm³/mol. The molecule has 0 aromatic heterocycles. The molecule has 1 atom stereocenters. The van der Waals surface area contributed by atoms with E-state index in [4.69, 9.17) is 11.6 Å². The second-order valence-electron chi connectivity index (χ2n) is 3.54. The van der Waals surface area contributed by atoms with Gasteiger partial charge in [0.2, 0.25) is 10.0 Å². The van der Waals surface area contributed by atoms with Crippen molar-refractivity contribution in [3.05, 3.63) is 34.9 Å². The van der Waals surface area contributed by atoms with Gasteiger partial charge in [-0.3, -0.25) is 0 Å². The molecule has 0 aliphatic heterocycles. The second-order valence-corrected chi connectivity index (χ2v) is 6.02. The Morgan fingerprint density at radius 2 is 2.06 bits per heavy atom. The first-order valence-electron chi connectivity index (χ1n) is 5.24. The van der Waals surface area contributed by atoms with Gasteiger partial charge >= 0.3 is 0 Å². The van der Waals surface area contributed by atoms with Crippen LogP contribution in [0.1, 0.15) is 31.9 Å². The molecular weight excluding hydrogens is 246 g/mol. The minimum Gasteiger partial charge on any atom is -0.212 e. The molecule has 0 heterocycles. The molecule has 1 unspecified atom stereocenters. The molecule has 5 heteroatoms. The molecule has 1 rings (SSSR count). The van der Waals surface area contributed by atoms with Gasteiger partial charge in [-0.2, -0.15) is 0 Å². The normalized spacial score (nSPS) is 13.7. The van der Waals surface area contributed by atoms with Gasteiger partial charge in [0, 0.05) is 11.1 Å². The van der Waals surface area contributed by atoms with Crippen molar-refractivity contribution in [1.29, 1.82) is 0 Å². The van der Waals surface area contributed by atoms with E-state index < -0.39 is 10.0 Å². The van der Waals surface area contributed by atoms with E-state index in [1.165, 1.54) is 0 Å². The van der Waals surface area contributed by atoms with Gasteiger partial charge in [-0.1, -0.05) is 30.7 Å². The number of nitrogens with one attached hydrogen (secondary N) is 1. The Morgan fingerprint density at radius 1 is 1.38 bits per heavy atom. The maximum Gasteiger partial charge on any atom is 0.211 e. The molecule has 16 heavy (non-hydrogen) atoms. The molecular formula is C11H16ClNO2S. The summed E-state index contributed by atoms with van der Waals surface area (Å²) in [5, 5.41) is 0.617. The molecule has 0 aliphatic rings. The summed E-state index contributed by atoms with van der Waals surface area (Å²) >= 11 is 5.87. The zero-order valence-corrected chi connectivity index (χ0v) is 11.0. The Hall–Kier alpha value is -0.580. The molecule has 0 spiro atoms. The van der Waals surface area contributed by atoms with Crippen LogP contribution in [0, 0.1) is 0 Å². The molecule has 1 aromatic carbocycles. The lowest BCUT2D eigenvalue weighted by molar-refractivity contribution is 0.551. The van der Waals surface area contributed by atoms with E-state index in [-0.39, 0.29) is 11.8 Å². The highest BCUT2D eigenvalue weighted by Crippen LogP contribution is 2.20. The molecule has 0 bridgehead atoms. The van der Waals surface area contributed by atoms with E-state index in [9.17, 15) is 8.42 Å². The fourth-order valence-electron chi connectivity index (χ4n) is 1.41. The quantitative estimate of drug-likeness (QED) is 0.886. The van der Waals surface area contributed by atoms with Gasteiger partial charge in [0.15, 0.2) is 0 Å². The van der Waals surface area contributed by atoms with Crippen LogP contribution in [0.25, 0.3) is 0 Å². The lowest BCUT2D eigenvalue weighted by atomic mass is 10.1. The summed E-state index contributed by atoms with van der Waals surface area (Å²) in [5.41, 5.74) is 0.895. The van der Waals surface area contributed by atoms with E-state index in [1.54, 1.807) is 19.1 Å². The summed E-state index contributed by atoms with van der Waals surface area (Å²) in [6.45, 7) is 3.55. The molecule has 3 nitrogen and oxygen atoms in total. The van der Waals surface area contributed by atoms with E-state index in [0.717, 1.165) is 5.56 Å². The highest BCUT2D eigenvalue weighted by Gasteiger charge is 2.16. The molecule has 0 saturated carbocycles. The Labute approximate surface area is 102 Å². The van der Waals surface area contributed by atoms with Crippen LogP contribution in [0.5, 0.6) is 0 Å². The molecule has 1 N–H and O–H groups in total. The summed E-state index contributed by atoms with van der Waals surface area (Å²) in [7, 11) is -3.18. The molecule has 0 radical (unpaired) electrons. The van der Waals surface area contributed by atoms with Gasteiger partial charge < -0.3 is 0 Å². The van der Waals surface area contributed by atoms with E-state index in [1.807, 2.05) is 19.1 Å². The molecule has 0 amide bonds. The van der Waals surface area contributed by atoms with Crippen molar-refractivity contribution >= 4 is 21.6 Å². The van der Waals surface area contributed by atoms with E-state index >= 15 is 0 Å². The number of halogens is 1. The average molecular weight is 262 g/mol. The van der Waals surface area contributed by atoms with Crippen LogP contribution in [0.4, 0.5) is 0 Å². The topological polar surface area (TPSA) is 46.2 Å². The summed E-state index contributed by atoms with van der Waals surface area (Å²) in [6, 6.07) is 7.04. The van der Waals surface area contributed by atoms with Crippen LogP contribution in [0.15, 0.2) is 24.3 Å². The predicted octanol–water partition coefficient (Wildman–Crippen LogP) is 2.73. The fraction of sp³-hybridized carbons (Fsp3) is 0.455. The molecule has 0 saturated heterocycles. The minimum absolute atomic E-state index is 0.0874. The maximum atomic E-state index is 11.5. The van der Waals surface area contributed by atoms with Crippen molar-refractivity contribution in [2.75, 3.05) is 5.75 Å². The summed E-state index contributed by atoms with van der Waals surface area (Å²) in [4.78, 5) is 0. The third kappa shape index (κ3) is 3.77. The van der Waals surface area contributed by atoms with Gasteiger partial charge in [-0.25, -0.2) is 13.1 Å². The Bertz CT molecular complexity index is 445. The van der Waals surface area contributed by atoms with Gasteiger partial charge in [-0.15, -0.1) is 0 Å². The SMILES string of the molecule is CCC(NS(=O)(=O)CC)c1cccc(Cl)c1. The Balaban J connectivity index is 2.91. The van der Waals surface area contributed by atoms with Crippen molar-refractivity contribution < 1.29 is 8.42 Å². The fourth-order valence-corrected chi connectivity index (χ4v) is 2.51. The Morgan fingerprint density at radius 3 is 2.56 bits per heavy atom. The lowest BCUT2D eigenvalue weighted by Crippen LogP contribution is -2.29. The highest BCUT2D eigenvalue weighted by atomic mass is 35.5. The smallest absolute Gasteiger partial charge is 0.211 e. The standard InChI is InChI=1S/C11H16ClNO2S/c1-3-11(13-16(14,15)4-2)9-6-5-7-10(12)8-9/h5-8,11,13H,3-4H2,1-2H3. The summed E-state index contributed by atoms with van der Waals surface area (Å²) in [6.07, 6.45) is 0.694. The molecule has 0 fully saturated rings. The van der Waals surface area contributed by atoms with E-state index in [2.05, 4.69) is 4.72 Å². The summed E-state index contributed by atoms with van der Waals surface area (Å²) in [5.74, 6) is 0.0874. The number of benzene rings is 1. The first-order chi connectivity index (χ1) is 7.48. The zero-order valence-electron chi connectivity index (χ0n) is 9.40. The van der Waals surface area contributed by atoms with Gasteiger partial charge in [0.25, 0.3) is 0 Å². The third-order valence-corrected chi connectivity index (χ3v) is 4.00. The van der Waals surface area contributed by atoms with Crippen molar-refractivity contribution in [2.24, 2.45) is 0 Å². The van der Waals surface area contributed by atoms with Gasteiger partial charge in [-0.05, 0) is 31.0 Å². The van der Waals surface area contributed by atoms with Crippen LogP contribution in [0.2, 0.25) is 5.02 Å². The molecule has 90 valence electrons. The van der Waals surface area contributed by atoms with Crippen LogP contribution in [-0.4, -0.2) is 14.2 Å². The largest absolute Gasteiger partial charge is 0.212 e. The molecule has 1 aromatic rings. The third-order valence-electron chi connectivity index (χ3n) is 2.36. The number of sulfonamides is 1. The van der Waals surface area contributed by atoms with Crippen LogP contribution in [0.3, 0.4) is 0 Å². The van der Waals surface area contributed by atoms with Crippen molar-refractivity contribution in [1.82, 2.24) is 4.72 Å². The van der Waals surface area contributed by atoms with Crippen molar-refractivity contribution in [2.45, 2.75) is 26.3 Å². The average Bonchev–Trinajstić information content (AvgIpc) is 2.26. The van der Waals surface area contributed by atoms with Crippen LogP contribution >= 0.6 is 11.6 Å². The number of hydrogen-bond donors (Lipinski definition) is 1. The Kier molecular flexibility index (Phi) is 4.77. The van der Waals surface area contributed by atoms with Crippen LogP contribution < -0.4 is 4.72 Å². The van der Waals surface area contributed by atoms with Crippen LogP contribution in [-0.2, 0) is 10.0 Å². The number of rotatable bonds is 5. The summed E-state index contributed by atoms with van der Waals surface area (Å²) < 4.78 is 25.6. The zero-order chi connectivity index (χ0) is 12.2. The van der Waals surface area contributed by atoms with Gasteiger partial charge in [0.1, 0.15) is 0 Å². The maximum absolute atomic E-state index is 11.5. The number of hydrogen-bond acceptors (Lipinski definition) is 2. The monoisotopic (exact) mass is 261 g/mol. The molecule has 0 aliphatic carbocycles. The van der Waals surface area contributed by atoms with Crippen molar-refractivity contribution in [3.8, 4) is 0 Å². The highest BCUT2D eigenvalue weighted by molar-refractivity contribution is 7.89.